The maximum absolute atomic E-state index is 11.7. The number of rotatable bonds is 5. The topological polar surface area (TPSA) is 55.4 Å². The highest BCUT2D eigenvalue weighted by Crippen LogP contribution is 2.15. The summed E-state index contributed by atoms with van der Waals surface area (Å²) in [5.74, 6) is 0.279. The van der Waals surface area contributed by atoms with E-state index in [2.05, 4.69) is 5.32 Å². The fourth-order valence-corrected chi connectivity index (χ4v) is 1.79. The summed E-state index contributed by atoms with van der Waals surface area (Å²) in [5.41, 5.74) is 1.22. The highest BCUT2D eigenvalue weighted by atomic mass is 35.5. The fraction of sp³-hybridized carbons (Fsp3) is 0.125. The number of carbonyl (C=O) groups is 2. The van der Waals surface area contributed by atoms with Gasteiger partial charge in [0.1, 0.15) is 5.75 Å². The number of ketones is 1. The molecule has 1 amide bonds. The molecule has 2 aromatic carbocycles. The van der Waals surface area contributed by atoms with Gasteiger partial charge in [0.2, 0.25) is 0 Å². The first kappa shape index (κ1) is 15.1. The summed E-state index contributed by atoms with van der Waals surface area (Å²) in [7, 11) is 0. The highest BCUT2D eigenvalue weighted by Gasteiger charge is 2.05. The van der Waals surface area contributed by atoms with Gasteiger partial charge in [-0.1, -0.05) is 11.6 Å². The molecule has 0 unspecified atom stereocenters. The lowest BCUT2D eigenvalue weighted by molar-refractivity contribution is -0.118. The van der Waals surface area contributed by atoms with Crippen molar-refractivity contribution in [2.45, 2.75) is 6.92 Å². The van der Waals surface area contributed by atoms with Crippen molar-refractivity contribution in [1.82, 2.24) is 0 Å². The number of amides is 1. The molecule has 2 rings (SSSR count). The van der Waals surface area contributed by atoms with Crippen molar-refractivity contribution >= 4 is 29.0 Å². The van der Waals surface area contributed by atoms with Crippen molar-refractivity contribution in [1.29, 1.82) is 0 Å². The van der Waals surface area contributed by atoms with E-state index >= 15 is 0 Å². The SMILES string of the molecule is CC(=O)c1ccc(NC(=O)COc2ccc(Cl)cc2)cc1. The van der Waals surface area contributed by atoms with E-state index in [9.17, 15) is 9.59 Å². The van der Waals surface area contributed by atoms with Gasteiger partial charge in [-0.15, -0.1) is 0 Å². The molecule has 0 aliphatic heterocycles. The standard InChI is InChI=1S/C16H14ClNO3/c1-11(19)12-2-6-14(7-3-12)18-16(20)10-21-15-8-4-13(17)5-9-15/h2-9H,10H2,1H3,(H,18,20). The first-order valence-corrected chi connectivity index (χ1v) is 6.71. The average molecular weight is 304 g/mol. The van der Waals surface area contributed by atoms with Gasteiger partial charge < -0.3 is 10.1 Å². The molecule has 5 heteroatoms. The molecule has 0 spiro atoms. The molecule has 4 nitrogen and oxygen atoms in total. The molecule has 1 N–H and O–H groups in total. The lowest BCUT2D eigenvalue weighted by Crippen LogP contribution is -2.20. The van der Waals surface area contributed by atoms with Gasteiger partial charge in [0.05, 0.1) is 0 Å². The minimum Gasteiger partial charge on any atom is -0.484 e. The normalized spacial score (nSPS) is 10.0. The third kappa shape index (κ3) is 4.61. The number of anilines is 1. The van der Waals surface area contributed by atoms with Crippen LogP contribution in [0.25, 0.3) is 0 Å². The average Bonchev–Trinajstić information content (AvgIpc) is 2.47. The minimum atomic E-state index is -0.277. The Morgan fingerprint density at radius 3 is 2.24 bits per heavy atom. The van der Waals surface area contributed by atoms with Gasteiger partial charge in [-0.25, -0.2) is 0 Å². The summed E-state index contributed by atoms with van der Waals surface area (Å²) in [6.45, 7) is 1.39. The molecule has 2 aromatic rings. The Labute approximate surface area is 127 Å². The van der Waals surface area contributed by atoms with Crippen LogP contribution >= 0.6 is 11.6 Å². The molecule has 0 fully saturated rings. The second-order valence-electron chi connectivity index (χ2n) is 4.42. The van der Waals surface area contributed by atoms with Crippen molar-refractivity contribution in [3.63, 3.8) is 0 Å². The quantitative estimate of drug-likeness (QED) is 0.859. The molecule has 0 aliphatic rings. The Morgan fingerprint density at radius 1 is 1.05 bits per heavy atom. The highest BCUT2D eigenvalue weighted by molar-refractivity contribution is 6.30. The number of benzene rings is 2. The van der Waals surface area contributed by atoms with Crippen molar-refractivity contribution in [3.05, 3.63) is 59.1 Å². The van der Waals surface area contributed by atoms with Gasteiger partial charge in [-0.3, -0.25) is 9.59 Å². The molecule has 0 saturated carbocycles. The largest absolute Gasteiger partial charge is 0.484 e. The van der Waals surface area contributed by atoms with E-state index in [1.165, 1.54) is 6.92 Å². The summed E-state index contributed by atoms with van der Waals surface area (Å²) in [5, 5.41) is 3.30. The van der Waals surface area contributed by atoms with Crippen LogP contribution in [0.1, 0.15) is 17.3 Å². The molecule has 0 heterocycles. The van der Waals surface area contributed by atoms with Crippen LogP contribution in [0.3, 0.4) is 0 Å². The van der Waals surface area contributed by atoms with E-state index < -0.39 is 0 Å². The van der Waals surface area contributed by atoms with Crippen LogP contribution in [0.15, 0.2) is 48.5 Å². The van der Waals surface area contributed by atoms with E-state index in [1.807, 2.05) is 0 Å². The Hall–Kier alpha value is -2.33. The first-order valence-electron chi connectivity index (χ1n) is 6.34. The molecule has 0 atom stereocenters. The van der Waals surface area contributed by atoms with Gasteiger partial charge in [0, 0.05) is 16.3 Å². The van der Waals surface area contributed by atoms with Crippen molar-refractivity contribution in [2.24, 2.45) is 0 Å². The van der Waals surface area contributed by atoms with Gasteiger partial charge in [0.15, 0.2) is 12.4 Å². The minimum absolute atomic E-state index is 0.0149. The number of hydrogen-bond acceptors (Lipinski definition) is 3. The monoisotopic (exact) mass is 303 g/mol. The zero-order valence-corrected chi connectivity index (χ0v) is 12.2. The molecule has 0 aliphatic carbocycles. The van der Waals surface area contributed by atoms with Gasteiger partial charge in [-0.05, 0) is 55.5 Å². The summed E-state index contributed by atoms with van der Waals surface area (Å²) in [6, 6.07) is 13.4. The lowest BCUT2D eigenvalue weighted by atomic mass is 10.1. The van der Waals surface area contributed by atoms with Gasteiger partial charge in [-0.2, -0.15) is 0 Å². The van der Waals surface area contributed by atoms with Crippen molar-refractivity contribution in [2.75, 3.05) is 11.9 Å². The Kier molecular flexibility index (Phi) is 4.95. The zero-order chi connectivity index (χ0) is 15.2. The summed E-state index contributed by atoms with van der Waals surface area (Å²) in [6.07, 6.45) is 0. The first-order chi connectivity index (χ1) is 10.0. The van der Waals surface area contributed by atoms with Crippen molar-refractivity contribution in [3.8, 4) is 5.75 Å². The number of ether oxygens (including phenoxy) is 1. The van der Waals surface area contributed by atoms with Crippen LogP contribution in [-0.4, -0.2) is 18.3 Å². The van der Waals surface area contributed by atoms with Crippen LogP contribution in [0, 0.1) is 0 Å². The predicted molar refractivity (Wildman–Crippen MR) is 82.0 cm³/mol. The number of hydrogen-bond donors (Lipinski definition) is 1. The van der Waals surface area contributed by atoms with Gasteiger partial charge >= 0.3 is 0 Å². The Balaban J connectivity index is 1.86. The van der Waals surface area contributed by atoms with E-state index in [1.54, 1.807) is 48.5 Å². The number of halogens is 1. The summed E-state index contributed by atoms with van der Waals surface area (Å²) in [4.78, 5) is 22.9. The molecule has 0 radical (unpaired) electrons. The molecule has 0 bridgehead atoms. The number of Topliss-reactive ketones (excluding diaryl/α,β-unsaturated/α-hetero) is 1. The van der Waals surface area contributed by atoms with Crippen LogP contribution in [-0.2, 0) is 4.79 Å². The predicted octanol–water partition coefficient (Wildman–Crippen LogP) is 3.56. The van der Waals surface area contributed by atoms with Crippen LogP contribution in [0.5, 0.6) is 5.75 Å². The Morgan fingerprint density at radius 2 is 1.67 bits per heavy atom. The van der Waals surface area contributed by atoms with Crippen molar-refractivity contribution < 1.29 is 14.3 Å². The van der Waals surface area contributed by atoms with E-state index in [-0.39, 0.29) is 18.3 Å². The maximum atomic E-state index is 11.7. The third-order valence-corrected chi connectivity index (χ3v) is 3.01. The van der Waals surface area contributed by atoms with E-state index in [0.717, 1.165) is 0 Å². The third-order valence-electron chi connectivity index (χ3n) is 2.76. The van der Waals surface area contributed by atoms with E-state index in [0.29, 0.717) is 22.0 Å². The fourth-order valence-electron chi connectivity index (χ4n) is 1.67. The smallest absolute Gasteiger partial charge is 0.262 e. The molecule has 108 valence electrons. The molecular weight excluding hydrogens is 290 g/mol. The second-order valence-corrected chi connectivity index (χ2v) is 4.86. The van der Waals surface area contributed by atoms with Crippen LogP contribution < -0.4 is 10.1 Å². The van der Waals surface area contributed by atoms with Gasteiger partial charge in [0.25, 0.3) is 5.91 Å². The van der Waals surface area contributed by atoms with E-state index in [4.69, 9.17) is 16.3 Å². The zero-order valence-electron chi connectivity index (χ0n) is 11.4. The summed E-state index contributed by atoms with van der Waals surface area (Å²) >= 11 is 5.76. The summed E-state index contributed by atoms with van der Waals surface area (Å²) < 4.78 is 5.33. The molecule has 21 heavy (non-hydrogen) atoms. The van der Waals surface area contributed by atoms with Crippen LogP contribution in [0.4, 0.5) is 5.69 Å². The molecular formula is C16H14ClNO3. The number of carbonyl (C=O) groups excluding carboxylic acids is 2. The molecule has 0 saturated heterocycles. The maximum Gasteiger partial charge on any atom is 0.262 e. The van der Waals surface area contributed by atoms with Crippen LogP contribution in [0.2, 0.25) is 5.02 Å². The lowest BCUT2D eigenvalue weighted by Gasteiger charge is -2.08. The number of nitrogens with one attached hydrogen (secondary N) is 1. The second kappa shape index (κ2) is 6.90. The molecule has 0 aromatic heterocycles. The Bertz CT molecular complexity index is 636.